The van der Waals surface area contributed by atoms with Gasteiger partial charge in [-0.2, -0.15) is 0 Å². The predicted molar refractivity (Wildman–Crippen MR) is 71.1 cm³/mol. The van der Waals surface area contributed by atoms with Crippen molar-refractivity contribution in [2.24, 2.45) is 16.7 Å². The van der Waals surface area contributed by atoms with Crippen LogP contribution in [-0.4, -0.2) is 34.6 Å². The first kappa shape index (κ1) is 14.0. The van der Waals surface area contributed by atoms with Crippen molar-refractivity contribution in [1.29, 1.82) is 0 Å². The van der Waals surface area contributed by atoms with Crippen molar-refractivity contribution in [1.82, 2.24) is 0 Å². The van der Waals surface area contributed by atoms with Crippen molar-refractivity contribution in [3.8, 4) is 0 Å². The van der Waals surface area contributed by atoms with Crippen molar-refractivity contribution in [2.75, 3.05) is 13.2 Å². The van der Waals surface area contributed by atoms with Crippen LogP contribution in [0.4, 0.5) is 0 Å². The summed E-state index contributed by atoms with van der Waals surface area (Å²) in [7, 11) is 0. The third-order valence-corrected chi connectivity index (χ3v) is 5.52. The quantitative estimate of drug-likeness (QED) is 0.656. The molecule has 104 valence electrons. The standard InChI is InChI=1S/C15H26O3/c1-14-7-5-12(8-14)15(2,13(14)18)6-3-4-11(9-16)10-17/h4,12-13,16-18H,3,5-10H2,1-2H3/t12-,13+,14+,15+/m0/s1. The Morgan fingerprint density at radius 1 is 1.28 bits per heavy atom. The average Bonchev–Trinajstić information content (AvgIpc) is 2.84. The lowest BCUT2D eigenvalue weighted by atomic mass is 9.66. The van der Waals surface area contributed by atoms with Gasteiger partial charge >= 0.3 is 0 Å². The van der Waals surface area contributed by atoms with Crippen LogP contribution >= 0.6 is 0 Å². The second-order valence-electron chi connectivity index (χ2n) is 6.72. The highest BCUT2D eigenvalue weighted by atomic mass is 16.3. The van der Waals surface area contributed by atoms with E-state index in [1.807, 2.05) is 6.08 Å². The zero-order valence-electron chi connectivity index (χ0n) is 11.5. The number of fused-ring (bicyclic) bond motifs is 2. The first-order valence-electron chi connectivity index (χ1n) is 7.04. The van der Waals surface area contributed by atoms with E-state index in [9.17, 15) is 5.11 Å². The second kappa shape index (κ2) is 4.95. The van der Waals surface area contributed by atoms with Gasteiger partial charge in [-0.1, -0.05) is 19.9 Å². The Morgan fingerprint density at radius 3 is 2.44 bits per heavy atom. The molecule has 0 aromatic heterocycles. The topological polar surface area (TPSA) is 60.7 Å². The number of hydrogen-bond acceptors (Lipinski definition) is 3. The lowest BCUT2D eigenvalue weighted by molar-refractivity contribution is -0.0481. The van der Waals surface area contributed by atoms with Gasteiger partial charge in [-0.15, -0.1) is 0 Å². The lowest BCUT2D eigenvalue weighted by Crippen LogP contribution is -2.42. The lowest BCUT2D eigenvalue weighted by Gasteiger charge is -2.41. The number of allylic oxidation sites excluding steroid dienone is 1. The van der Waals surface area contributed by atoms with Crippen molar-refractivity contribution in [2.45, 2.75) is 52.1 Å². The summed E-state index contributed by atoms with van der Waals surface area (Å²) in [5.74, 6) is 0.637. The molecule has 0 spiro atoms. The molecule has 0 aliphatic heterocycles. The van der Waals surface area contributed by atoms with Gasteiger partial charge in [0, 0.05) is 0 Å². The minimum Gasteiger partial charge on any atom is -0.392 e. The Morgan fingerprint density at radius 2 is 1.94 bits per heavy atom. The maximum atomic E-state index is 10.6. The normalized spacial score (nSPS) is 42.3. The van der Waals surface area contributed by atoms with Crippen LogP contribution in [0.2, 0.25) is 0 Å². The van der Waals surface area contributed by atoms with Gasteiger partial charge < -0.3 is 15.3 Å². The highest BCUT2D eigenvalue weighted by Gasteiger charge is 2.60. The van der Waals surface area contributed by atoms with Crippen molar-refractivity contribution >= 4 is 0 Å². The zero-order valence-corrected chi connectivity index (χ0v) is 11.5. The summed E-state index contributed by atoms with van der Waals surface area (Å²) in [6, 6.07) is 0. The van der Waals surface area contributed by atoms with Gasteiger partial charge in [0.2, 0.25) is 0 Å². The highest BCUT2D eigenvalue weighted by Crippen LogP contribution is 2.64. The molecule has 18 heavy (non-hydrogen) atoms. The molecule has 0 radical (unpaired) electrons. The molecule has 2 fully saturated rings. The molecule has 0 heterocycles. The van der Waals surface area contributed by atoms with Crippen LogP contribution in [0, 0.1) is 16.7 Å². The van der Waals surface area contributed by atoms with Gasteiger partial charge in [-0.25, -0.2) is 0 Å². The zero-order chi connectivity index (χ0) is 13.4. The molecule has 0 unspecified atom stereocenters. The molecule has 4 atom stereocenters. The summed E-state index contributed by atoms with van der Waals surface area (Å²) in [5, 5.41) is 28.6. The van der Waals surface area contributed by atoms with E-state index in [-0.39, 0.29) is 30.1 Å². The third kappa shape index (κ3) is 2.13. The van der Waals surface area contributed by atoms with Gasteiger partial charge in [0.15, 0.2) is 0 Å². The van der Waals surface area contributed by atoms with Crippen LogP contribution in [0.1, 0.15) is 46.0 Å². The molecule has 3 heteroatoms. The molecular weight excluding hydrogens is 228 g/mol. The van der Waals surface area contributed by atoms with E-state index in [2.05, 4.69) is 13.8 Å². The first-order valence-corrected chi connectivity index (χ1v) is 7.04. The number of rotatable bonds is 5. The van der Waals surface area contributed by atoms with Gasteiger partial charge in [0.1, 0.15) is 0 Å². The molecule has 0 aromatic carbocycles. The summed E-state index contributed by atoms with van der Waals surface area (Å²) >= 11 is 0. The summed E-state index contributed by atoms with van der Waals surface area (Å²) in [5.41, 5.74) is 0.821. The van der Waals surface area contributed by atoms with Crippen LogP contribution < -0.4 is 0 Å². The monoisotopic (exact) mass is 254 g/mol. The van der Waals surface area contributed by atoms with E-state index in [0.717, 1.165) is 25.7 Å². The Bertz CT molecular complexity index is 333. The van der Waals surface area contributed by atoms with Crippen LogP contribution in [0.5, 0.6) is 0 Å². The van der Waals surface area contributed by atoms with Crippen molar-refractivity contribution in [3.63, 3.8) is 0 Å². The van der Waals surface area contributed by atoms with Crippen LogP contribution in [0.15, 0.2) is 11.6 Å². The summed E-state index contributed by atoms with van der Waals surface area (Å²) in [4.78, 5) is 0. The number of hydrogen-bond donors (Lipinski definition) is 3. The van der Waals surface area contributed by atoms with Crippen molar-refractivity contribution < 1.29 is 15.3 Å². The fourth-order valence-electron chi connectivity index (χ4n) is 4.21. The van der Waals surface area contributed by atoms with Gasteiger partial charge in [0.25, 0.3) is 0 Å². The Labute approximate surface area is 110 Å². The molecule has 2 saturated carbocycles. The van der Waals surface area contributed by atoms with E-state index in [0.29, 0.717) is 11.5 Å². The molecular formula is C15H26O3. The van der Waals surface area contributed by atoms with E-state index >= 15 is 0 Å². The SMILES string of the molecule is C[C@@]12CC[C@@H](C1)[C@@](C)(CCC=C(CO)CO)[C@@H]2O. The molecule has 3 nitrogen and oxygen atoms in total. The number of aliphatic hydroxyl groups excluding tert-OH is 3. The minimum absolute atomic E-state index is 0.0134. The average molecular weight is 254 g/mol. The molecule has 2 bridgehead atoms. The summed E-state index contributed by atoms with van der Waals surface area (Å²) in [6.45, 7) is 4.28. The minimum atomic E-state index is -0.205. The van der Waals surface area contributed by atoms with Gasteiger partial charge in [0.05, 0.1) is 19.3 Å². The van der Waals surface area contributed by atoms with Crippen LogP contribution in [0.25, 0.3) is 0 Å². The second-order valence-corrected chi connectivity index (χ2v) is 6.72. The smallest absolute Gasteiger partial charge is 0.0663 e. The number of aliphatic hydroxyl groups is 3. The van der Waals surface area contributed by atoms with E-state index in [1.54, 1.807) is 0 Å². The Balaban J connectivity index is 1.99. The maximum absolute atomic E-state index is 10.6. The molecule has 2 aliphatic rings. The molecule has 0 amide bonds. The molecule has 2 aliphatic carbocycles. The Hall–Kier alpha value is -0.380. The third-order valence-electron chi connectivity index (χ3n) is 5.52. The largest absolute Gasteiger partial charge is 0.392 e. The molecule has 3 N–H and O–H groups in total. The molecule has 2 rings (SSSR count). The molecule has 0 aromatic rings. The van der Waals surface area contributed by atoms with Crippen LogP contribution in [-0.2, 0) is 0 Å². The van der Waals surface area contributed by atoms with E-state index < -0.39 is 0 Å². The Kier molecular flexibility index (Phi) is 3.86. The van der Waals surface area contributed by atoms with Gasteiger partial charge in [-0.05, 0) is 54.4 Å². The fraction of sp³-hybridized carbons (Fsp3) is 0.867. The van der Waals surface area contributed by atoms with E-state index in [4.69, 9.17) is 10.2 Å². The highest BCUT2D eigenvalue weighted by molar-refractivity contribution is 5.11. The predicted octanol–water partition coefficient (Wildman–Crippen LogP) is 1.86. The fourth-order valence-corrected chi connectivity index (χ4v) is 4.21. The van der Waals surface area contributed by atoms with Crippen LogP contribution in [0.3, 0.4) is 0 Å². The van der Waals surface area contributed by atoms with Gasteiger partial charge in [-0.3, -0.25) is 0 Å². The summed E-state index contributed by atoms with van der Waals surface area (Å²) in [6.07, 6.45) is 7.04. The van der Waals surface area contributed by atoms with Crippen molar-refractivity contribution in [3.05, 3.63) is 11.6 Å². The van der Waals surface area contributed by atoms with E-state index in [1.165, 1.54) is 6.42 Å². The first-order chi connectivity index (χ1) is 8.46. The summed E-state index contributed by atoms with van der Waals surface area (Å²) < 4.78 is 0. The maximum Gasteiger partial charge on any atom is 0.0663 e. The molecule has 0 saturated heterocycles.